The molecular formula is C33H23N5O2. The zero-order chi connectivity index (χ0) is 27.3. The van der Waals surface area contributed by atoms with Gasteiger partial charge in [0.1, 0.15) is 24.1 Å². The molecule has 0 aliphatic heterocycles. The van der Waals surface area contributed by atoms with Gasteiger partial charge in [-0.25, -0.2) is 9.67 Å². The predicted molar refractivity (Wildman–Crippen MR) is 156 cm³/mol. The summed E-state index contributed by atoms with van der Waals surface area (Å²) in [6.07, 6.45) is 3.56. The Labute approximate surface area is 230 Å². The summed E-state index contributed by atoms with van der Waals surface area (Å²) in [6.45, 7) is 0.440. The van der Waals surface area contributed by atoms with Crippen molar-refractivity contribution < 1.29 is 4.74 Å². The Hall–Kier alpha value is -5.74. The number of aromatic amines is 1. The number of benzene rings is 4. The smallest absolute Gasteiger partial charge is 0.259 e. The van der Waals surface area contributed by atoms with Gasteiger partial charge < -0.3 is 9.72 Å². The van der Waals surface area contributed by atoms with Gasteiger partial charge in [0.25, 0.3) is 5.56 Å². The minimum Gasteiger partial charge on any atom is -0.489 e. The molecule has 0 bridgehead atoms. The van der Waals surface area contributed by atoms with Gasteiger partial charge in [-0.05, 0) is 48.0 Å². The molecular weight excluding hydrogens is 498 g/mol. The summed E-state index contributed by atoms with van der Waals surface area (Å²) in [5, 5.41) is 15.4. The second kappa shape index (κ2) is 10.9. The van der Waals surface area contributed by atoms with E-state index >= 15 is 0 Å². The van der Waals surface area contributed by atoms with E-state index in [1.807, 2.05) is 97.2 Å². The Bertz CT molecular complexity index is 1930. The highest BCUT2D eigenvalue weighted by Gasteiger charge is 2.15. The van der Waals surface area contributed by atoms with Crippen LogP contribution in [0.4, 0.5) is 0 Å². The van der Waals surface area contributed by atoms with Crippen LogP contribution in [0.1, 0.15) is 17.0 Å². The van der Waals surface area contributed by atoms with Crippen LogP contribution in [0.15, 0.2) is 120 Å². The van der Waals surface area contributed by atoms with Crippen molar-refractivity contribution in [2.24, 2.45) is 0 Å². The molecule has 0 unspecified atom stereocenters. The number of nitrogens with zero attached hydrogens (tertiary/aromatic N) is 4. The summed E-state index contributed by atoms with van der Waals surface area (Å²) >= 11 is 0. The fourth-order valence-corrected chi connectivity index (χ4v) is 4.43. The molecule has 2 heterocycles. The van der Waals surface area contributed by atoms with Crippen molar-refractivity contribution in [3.63, 3.8) is 0 Å². The Morgan fingerprint density at radius 3 is 2.48 bits per heavy atom. The van der Waals surface area contributed by atoms with Crippen molar-refractivity contribution in [3.05, 3.63) is 143 Å². The molecule has 0 aliphatic carbocycles. The van der Waals surface area contributed by atoms with Crippen LogP contribution in [-0.2, 0) is 6.61 Å². The SMILES string of the molecule is N#C/C(=C/c1cn(-c2ccccc2)nc1-c1cccc(OCc2ccccc2)c1)c1nc2ccccc2c(=O)[nH]1. The van der Waals surface area contributed by atoms with E-state index in [1.54, 1.807) is 29.0 Å². The van der Waals surface area contributed by atoms with Crippen LogP contribution >= 0.6 is 0 Å². The first-order chi connectivity index (χ1) is 19.7. The van der Waals surface area contributed by atoms with Crippen molar-refractivity contribution in [2.75, 3.05) is 0 Å². The molecule has 1 N–H and O–H groups in total. The number of hydrogen-bond acceptors (Lipinski definition) is 5. The molecule has 0 fully saturated rings. The summed E-state index contributed by atoms with van der Waals surface area (Å²) in [5.41, 5.74) is 4.55. The Morgan fingerprint density at radius 1 is 0.925 bits per heavy atom. The van der Waals surface area contributed by atoms with Crippen molar-refractivity contribution in [2.45, 2.75) is 6.61 Å². The molecule has 0 atom stereocenters. The number of allylic oxidation sites excluding steroid dienone is 1. The molecule has 6 rings (SSSR count). The van der Waals surface area contributed by atoms with E-state index in [4.69, 9.17) is 9.84 Å². The molecule has 4 aromatic carbocycles. The van der Waals surface area contributed by atoms with E-state index in [0.717, 1.165) is 16.8 Å². The van der Waals surface area contributed by atoms with Gasteiger partial charge in [0.05, 0.1) is 22.2 Å². The number of H-pyrrole nitrogens is 1. The molecule has 0 aliphatic rings. The zero-order valence-corrected chi connectivity index (χ0v) is 21.4. The van der Waals surface area contributed by atoms with Crippen molar-refractivity contribution >= 4 is 22.6 Å². The molecule has 7 nitrogen and oxygen atoms in total. The molecule has 0 spiro atoms. The van der Waals surface area contributed by atoms with Gasteiger partial charge in [0.15, 0.2) is 5.82 Å². The monoisotopic (exact) mass is 521 g/mol. The molecule has 0 saturated heterocycles. The van der Waals surface area contributed by atoms with E-state index in [-0.39, 0.29) is 17.0 Å². The molecule has 2 aromatic heterocycles. The van der Waals surface area contributed by atoms with E-state index in [1.165, 1.54) is 0 Å². The van der Waals surface area contributed by atoms with Crippen LogP contribution in [-0.4, -0.2) is 19.7 Å². The lowest BCUT2D eigenvalue weighted by Gasteiger charge is -2.08. The number of ether oxygens (including phenoxy) is 1. The summed E-state index contributed by atoms with van der Waals surface area (Å²) in [6, 6.07) is 36.6. The van der Waals surface area contributed by atoms with E-state index in [0.29, 0.717) is 34.5 Å². The summed E-state index contributed by atoms with van der Waals surface area (Å²) < 4.78 is 7.83. The molecule has 6 aromatic rings. The number of rotatable bonds is 7. The third kappa shape index (κ3) is 5.15. The maximum atomic E-state index is 12.7. The highest BCUT2D eigenvalue weighted by Crippen LogP contribution is 2.30. The number of aromatic nitrogens is 4. The first kappa shape index (κ1) is 24.6. The van der Waals surface area contributed by atoms with Gasteiger partial charge in [0.2, 0.25) is 0 Å². The van der Waals surface area contributed by atoms with Crippen molar-refractivity contribution in [1.29, 1.82) is 5.26 Å². The van der Waals surface area contributed by atoms with Gasteiger partial charge in [-0.1, -0.05) is 72.8 Å². The number of hydrogen-bond donors (Lipinski definition) is 1. The normalized spacial score (nSPS) is 11.3. The van der Waals surface area contributed by atoms with Gasteiger partial charge in [-0.3, -0.25) is 4.79 Å². The van der Waals surface area contributed by atoms with Gasteiger partial charge in [-0.2, -0.15) is 10.4 Å². The predicted octanol–water partition coefficient (Wildman–Crippen LogP) is 6.42. The summed E-state index contributed by atoms with van der Waals surface area (Å²) in [4.78, 5) is 20.0. The molecule has 0 amide bonds. The minimum absolute atomic E-state index is 0.199. The summed E-state index contributed by atoms with van der Waals surface area (Å²) in [5.74, 6) is 0.899. The third-order valence-electron chi connectivity index (χ3n) is 6.41. The number of para-hydroxylation sites is 2. The van der Waals surface area contributed by atoms with Crippen molar-refractivity contribution in [1.82, 2.24) is 19.7 Å². The van der Waals surface area contributed by atoms with Gasteiger partial charge in [-0.15, -0.1) is 0 Å². The van der Waals surface area contributed by atoms with Crippen LogP contribution in [0.2, 0.25) is 0 Å². The average Bonchev–Trinajstić information content (AvgIpc) is 3.44. The van der Waals surface area contributed by atoms with E-state index in [2.05, 4.69) is 16.0 Å². The third-order valence-corrected chi connectivity index (χ3v) is 6.41. The lowest BCUT2D eigenvalue weighted by atomic mass is 10.1. The molecule has 40 heavy (non-hydrogen) atoms. The van der Waals surface area contributed by atoms with Crippen LogP contribution in [0.5, 0.6) is 5.75 Å². The number of nitrogens with one attached hydrogen (secondary N) is 1. The summed E-state index contributed by atoms with van der Waals surface area (Å²) in [7, 11) is 0. The fourth-order valence-electron chi connectivity index (χ4n) is 4.43. The lowest BCUT2D eigenvalue weighted by molar-refractivity contribution is 0.306. The average molecular weight is 522 g/mol. The minimum atomic E-state index is -0.301. The topological polar surface area (TPSA) is 96.6 Å². The van der Waals surface area contributed by atoms with Crippen LogP contribution in [0.3, 0.4) is 0 Å². The largest absolute Gasteiger partial charge is 0.489 e. The standard InChI is InChI=1S/C33H23N5O2/c34-20-25(32-35-30-17-8-7-16-29(30)33(39)36-32)18-26-21-38(27-13-5-2-6-14-27)37-31(26)24-12-9-15-28(19-24)40-22-23-10-3-1-4-11-23/h1-19,21H,22H2,(H,35,36,39)/b25-18-. The Morgan fingerprint density at radius 2 is 1.68 bits per heavy atom. The van der Waals surface area contributed by atoms with Crippen LogP contribution in [0, 0.1) is 11.3 Å². The number of nitriles is 1. The molecule has 0 saturated carbocycles. The van der Waals surface area contributed by atoms with Gasteiger partial charge in [0, 0.05) is 17.3 Å². The highest BCUT2D eigenvalue weighted by molar-refractivity contribution is 5.91. The second-order valence-electron chi connectivity index (χ2n) is 9.12. The molecule has 0 radical (unpaired) electrons. The van der Waals surface area contributed by atoms with Crippen LogP contribution in [0.25, 0.3) is 39.5 Å². The van der Waals surface area contributed by atoms with E-state index < -0.39 is 0 Å². The maximum absolute atomic E-state index is 12.7. The second-order valence-corrected chi connectivity index (χ2v) is 9.12. The fraction of sp³-hybridized carbons (Fsp3) is 0.0303. The first-order valence-corrected chi connectivity index (χ1v) is 12.7. The first-order valence-electron chi connectivity index (χ1n) is 12.7. The molecule has 192 valence electrons. The van der Waals surface area contributed by atoms with E-state index in [9.17, 15) is 10.1 Å². The maximum Gasteiger partial charge on any atom is 0.259 e. The highest BCUT2D eigenvalue weighted by atomic mass is 16.5. The number of fused-ring (bicyclic) bond motifs is 1. The Balaban J connectivity index is 1.43. The van der Waals surface area contributed by atoms with Gasteiger partial charge >= 0.3 is 0 Å². The lowest BCUT2D eigenvalue weighted by Crippen LogP contribution is -2.11. The van der Waals surface area contributed by atoms with Crippen molar-refractivity contribution in [3.8, 4) is 28.8 Å². The quantitative estimate of drug-likeness (QED) is 0.245. The molecule has 7 heteroatoms. The Kier molecular flexibility index (Phi) is 6.72. The van der Waals surface area contributed by atoms with Crippen LogP contribution < -0.4 is 10.3 Å². The zero-order valence-electron chi connectivity index (χ0n) is 21.4.